The molecule has 3 aromatic rings. The summed E-state index contributed by atoms with van der Waals surface area (Å²) in [6.45, 7) is 0.853. The fraction of sp³-hybridized carbons (Fsp3) is 0.154. The zero-order valence-electron chi connectivity index (χ0n) is 9.82. The molecular weight excluding hydrogens is 364 g/mol. The van der Waals surface area contributed by atoms with Crippen LogP contribution in [0.3, 0.4) is 0 Å². The van der Waals surface area contributed by atoms with Crippen LogP contribution in [0.4, 0.5) is 0 Å². The third-order valence-corrected chi connectivity index (χ3v) is 5.05. The largest absolute Gasteiger partial charge is 0.331 e. The first-order valence-electron chi connectivity index (χ1n) is 5.76. The number of aromatic amines is 1. The molecule has 2 heterocycles. The Morgan fingerprint density at radius 1 is 1.32 bits per heavy atom. The fourth-order valence-electron chi connectivity index (χ4n) is 2.06. The molecule has 0 radical (unpaired) electrons. The van der Waals surface area contributed by atoms with Crippen molar-refractivity contribution in [2.24, 2.45) is 0 Å². The maximum absolute atomic E-state index is 5.95. The van der Waals surface area contributed by atoms with Gasteiger partial charge in [-0.3, -0.25) is 0 Å². The van der Waals surface area contributed by atoms with Crippen molar-refractivity contribution < 1.29 is 0 Å². The van der Waals surface area contributed by atoms with E-state index in [1.807, 2.05) is 18.2 Å². The van der Waals surface area contributed by atoms with Crippen LogP contribution in [0, 0.1) is 4.77 Å². The van der Waals surface area contributed by atoms with E-state index in [2.05, 4.69) is 37.6 Å². The predicted octanol–water partition coefficient (Wildman–Crippen LogP) is 5.42. The zero-order valence-corrected chi connectivity index (χ0v) is 13.8. The summed E-state index contributed by atoms with van der Waals surface area (Å²) in [5, 5.41) is 0. The Bertz CT molecular complexity index is 787. The van der Waals surface area contributed by atoms with Crippen molar-refractivity contribution >= 4 is 62.1 Å². The molecule has 0 fully saturated rings. The number of hydrogen-bond donors (Lipinski definition) is 1. The molecule has 19 heavy (non-hydrogen) atoms. The number of halogens is 2. The minimum Gasteiger partial charge on any atom is -0.331 e. The van der Waals surface area contributed by atoms with Gasteiger partial charge in [-0.2, -0.15) is 0 Å². The first-order valence-corrected chi connectivity index (χ1v) is 8.15. The maximum atomic E-state index is 5.95. The van der Waals surface area contributed by atoms with E-state index < -0.39 is 0 Å². The van der Waals surface area contributed by atoms with Crippen molar-refractivity contribution in [3.63, 3.8) is 0 Å². The van der Waals surface area contributed by atoms with Crippen molar-refractivity contribution in [3.8, 4) is 0 Å². The lowest BCUT2D eigenvalue weighted by atomic mass is 10.3. The highest BCUT2D eigenvalue weighted by Crippen LogP contribution is 2.24. The molecule has 0 saturated heterocycles. The fourth-order valence-corrected chi connectivity index (χ4v) is 3.78. The van der Waals surface area contributed by atoms with E-state index in [1.54, 1.807) is 11.3 Å². The summed E-state index contributed by atoms with van der Waals surface area (Å²) >= 11 is 16.5. The Morgan fingerprint density at radius 2 is 2.16 bits per heavy atom. The van der Waals surface area contributed by atoms with E-state index in [0.29, 0.717) is 0 Å². The van der Waals surface area contributed by atoms with Crippen molar-refractivity contribution in [2.45, 2.75) is 13.0 Å². The number of H-pyrrole nitrogens is 1. The molecule has 2 nitrogen and oxygen atoms in total. The highest BCUT2D eigenvalue weighted by atomic mass is 79.9. The average molecular weight is 374 g/mol. The SMILES string of the molecule is S=c1[nH]c2ccc(Br)cc2n1CCc1ccc(Cl)s1. The minimum absolute atomic E-state index is 0.760. The molecule has 1 aromatic carbocycles. The van der Waals surface area contributed by atoms with Crippen LogP contribution in [-0.2, 0) is 13.0 Å². The van der Waals surface area contributed by atoms with Crippen LogP contribution in [0.5, 0.6) is 0 Å². The molecule has 0 aliphatic carbocycles. The topological polar surface area (TPSA) is 20.7 Å². The lowest BCUT2D eigenvalue weighted by Gasteiger charge is -2.03. The number of aromatic nitrogens is 2. The number of rotatable bonds is 3. The third kappa shape index (κ3) is 2.79. The number of benzene rings is 1. The number of nitrogens with zero attached hydrogens (tertiary/aromatic N) is 1. The molecule has 0 aliphatic rings. The summed E-state index contributed by atoms with van der Waals surface area (Å²) in [6.07, 6.45) is 0.936. The summed E-state index contributed by atoms with van der Waals surface area (Å²) < 4.78 is 4.78. The standard InChI is InChI=1S/C13H10BrClN2S2/c14-8-1-3-10-11(7-8)17(13(18)16-10)6-5-9-2-4-12(15)19-9/h1-4,7H,5-6H2,(H,16,18). The van der Waals surface area contributed by atoms with Crippen LogP contribution in [0.15, 0.2) is 34.8 Å². The second-order valence-corrected chi connectivity index (χ2v) is 7.30. The molecule has 0 atom stereocenters. The van der Waals surface area contributed by atoms with E-state index >= 15 is 0 Å². The molecule has 1 N–H and O–H groups in total. The first kappa shape index (κ1) is 13.4. The Labute approximate surface area is 133 Å². The van der Waals surface area contributed by atoms with Gasteiger partial charge in [-0.05, 0) is 49.0 Å². The summed E-state index contributed by atoms with van der Waals surface area (Å²) in [4.78, 5) is 4.50. The Morgan fingerprint density at radius 3 is 2.89 bits per heavy atom. The highest BCUT2D eigenvalue weighted by Gasteiger charge is 2.06. The van der Waals surface area contributed by atoms with Gasteiger partial charge in [-0.1, -0.05) is 27.5 Å². The van der Waals surface area contributed by atoms with E-state index in [0.717, 1.165) is 37.6 Å². The molecule has 0 unspecified atom stereocenters. The van der Waals surface area contributed by atoms with Gasteiger partial charge < -0.3 is 9.55 Å². The van der Waals surface area contributed by atoms with Crippen LogP contribution in [0.25, 0.3) is 11.0 Å². The normalized spacial score (nSPS) is 11.3. The molecule has 0 saturated carbocycles. The van der Waals surface area contributed by atoms with Gasteiger partial charge in [0.2, 0.25) is 0 Å². The first-order chi connectivity index (χ1) is 9.13. The summed E-state index contributed by atoms with van der Waals surface area (Å²) in [5.41, 5.74) is 2.19. The maximum Gasteiger partial charge on any atom is 0.178 e. The Hall–Kier alpha value is -0.620. The number of thiophene rings is 1. The van der Waals surface area contributed by atoms with Gasteiger partial charge in [-0.25, -0.2) is 0 Å². The highest BCUT2D eigenvalue weighted by molar-refractivity contribution is 9.10. The number of hydrogen-bond acceptors (Lipinski definition) is 2. The lowest BCUT2D eigenvalue weighted by molar-refractivity contribution is 0.712. The van der Waals surface area contributed by atoms with Crippen LogP contribution < -0.4 is 0 Å². The van der Waals surface area contributed by atoms with Crippen LogP contribution in [0.2, 0.25) is 4.34 Å². The Balaban J connectivity index is 1.94. The minimum atomic E-state index is 0.760. The number of nitrogens with one attached hydrogen (secondary N) is 1. The molecule has 98 valence electrons. The molecule has 0 spiro atoms. The van der Waals surface area contributed by atoms with E-state index in [-0.39, 0.29) is 0 Å². The van der Waals surface area contributed by atoms with E-state index in [9.17, 15) is 0 Å². The summed E-state index contributed by atoms with van der Waals surface area (Å²) in [5.74, 6) is 0. The molecule has 3 rings (SSSR count). The van der Waals surface area contributed by atoms with Gasteiger partial charge in [0.1, 0.15) is 0 Å². The van der Waals surface area contributed by atoms with Crippen molar-refractivity contribution in [1.29, 1.82) is 0 Å². The number of aryl methyl sites for hydroxylation is 2. The van der Waals surface area contributed by atoms with Crippen molar-refractivity contribution in [3.05, 3.63) is 48.8 Å². The van der Waals surface area contributed by atoms with Crippen molar-refractivity contribution in [2.75, 3.05) is 0 Å². The van der Waals surface area contributed by atoms with Gasteiger partial charge >= 0.3 is 0 Å². The van der Waals surface area contributed by atoms with Gasteiger partial charge in [0.15, 0.2) is 4.77 Å². The van der Waals surface area contributed by atoms with Crippen LogP contribution >= 0.6 is 51.1 Å². The zero-order chi connectivity index (χ0) is 13.4. The molecule has 0 amide bonds. The molecule has 0 bridgehead atoms. The Kier molecular flexibility index (Phi) is 3.80. The van der Waals surface area contributed by atoms with Crippen LogP contribution in [-0.4, -0.2) is 9.55 Å². The van der Waals surface area contributed by atoms with Gasteiger partial charge in [0.25, 0.3) is 0 Å². The van der Waals surface area contributed by atoms with Gasteiger partial charge in [0, 0.05) is 15.9 Å². The molecule has 2 aromatic heterocycles. The monoisotopic (exact) mass is 372 g/mol. The third-order valence-electron chi connectivity index (χ3n) is 2.95. The van der Waals surface area contributed by atoms with Crippen LogP contribution in [0.1, 0.15) is 4.88 Å². The quantitative estimate of drug-likeness (QED) is 0.608. The van der Waals surface area contributed by atoms with Gasteiger partial charge in [-0.15, -0.1) is 11.3 Å². The number of imidazole rings is 1. The summed E-state index contributed by atoms with van der Waals surface area (Å²) in [6, 6.07) is 10.1. The summed E-state index contributed by atoms with van der Waals surface area (Å²) in [7, 11) is 0. The second-order valence-electron chi connectivity index (χ2n) is 4.20. The lowest BCUT2D eigenvalue weighted by Crippen LogP contribution is -2.00. The molecule has 6 heteroatoms. The van der Waals surface area contributed by atoms with Gasteiger partial charge in [0.05, 0.1) is 15.4 Å². The van der Waals surface area contributed by atoms with E-state index in [4.69, 9.17) is 23.8 Å². The van der Waals surface area contributed by atoms with E-state index in [1.165, 1.54) is 4.88 Å². The molecule has 0 aliphatic heterocycles. The van der Waals surface area contributed by atoms with Crippen molar-refractivity contribution in [1.82, 2.24) is 9.55 Å². The smallest absolute Gasteiger partial charge is 0.178 e. The second kappa shape index (κ2) is 5.40. The molecular formula is C13H10BrClN2S2. The average Bonchev–Trinajstić information content (AvgIpc) is 2.90. The number of fused-ring (bicyclic) bond motifs is 1. The predicted molar refractivity (Wildman–Crippen MR) is 87.9 cm³/mol.